The fourth-order valence-electron chi connectivity index (χ4n) is 2.34. The normalized spacial score (nSPS) is 19.3. The van der Waals surface area contributed by atoms with Crippen LogP contribution < -0.4 is 0 Å². The molecular formula is C13H18N2O4. The van der Waals surface area contributed by atoms with Crippen LogP contribution >= 0.6 is 0 Å². The fraction of sp³-hybridized carbons (Fsp3) is 0.538. The van der Waals surface area contributed by atoms with E-state index in [0.29, 0.717) is 5.56 Å². The van der Waals surface area contributed by atoms with Gasteiger partial charge in [0, 0.05) is 31.6 Å². The topological polar surface area (TPSA) is 86.8 Å². The molecule has 1 aromatic rings. The summed E-state index contributed by atoms with van der Waals surface area (Å²) in [5, 5.41) is 30.5. The van der Waals surface area contributed by atoms with Gasteiger partial charge >= 0.3 is 0 Å². The Kier molecular flexibility index (Phi) is 4.47. The third kappa shape index (κ3) is 3.50. The summed E-state index contributed by atoms with van der Waals surface area (Å²) in [7, 11) is 0. The minimum atomic E-state index is -0.809. The molecule has 6 nitrogen and oxygen atoms in total. The van der Waals surface area contributed by atoms with Crippen molar-refractivity contribution in [2.45, 2.75) is 31.6 Å². The van der Waals surface area contributed by atoms with Gasteiger partial charge in [0.15, 0.2) is 0 Å². The van der Waals surface area contributed by atoms with E-state index in [1.165, 1.54) is 24.3 Å². The Morgan fingerprint density at radius 2 is 1.79 bits per heavy atom. The third-order valence-corrected chi connectivity index (χ3v) is 3.48. The Bertz CT molecular complexity index is 429. The van der Waals surface area contributed by atoms with Crippen LogP contribution in [0.5, 0.6) is 0 Å². The first kappa shape index (κ1) is 13.9. The average molecular weight is 266 g/mol. The van der Waals surface area contributed by atoms with Gasteiger partial charge < -0.3 is 10.2 Å². The molecule has 2 rings (SSSR count). The van der Waals surface area contributed by atoms with Crippen LogP contribution in [0.3, 0.4) is 0 Å². The summed E-state index contributed by atoms with van der Waals surface area (Å²) in [6, 6.07) is 5.78. The monoisotopic (exact) mass is 266 g/mol. The number of nitrogens with zero attached hydrogens (tertiary/aromatic N) is 2. The van der Waals surface area contributed by atoms with Crippen molar-refractivity contribution in [1.29, 1.82) is 0 Å². The van der Waals surface area contributed by atoms with Crippen molar-refractivity contribution in [2.24, 2.45) is 0 Å². The highest BCUT2D eigenvalue weighted by molar-refractivity contribution is 5.33. The largest absolute Gasteiger partial charge is 0.388 e. The molecule has 6 heteroatoms. The molecule has 19 heavy (non-hydrogen) atoms. The van der Waals surface area contributed by atoms with Crippen LogP contribution in [0.4, 0.5) is 5.69 Å². The molecular weight excluding hydrogens is 248 g/mol. The lowest BCUT2D eigenvalue weighted by Gasteiger charge is -2.24. The van der Waals surface area contributed by atoms with E-state index in [9.17, 15) is 20.3 Å². The number of aliphatic hydroxyl groups is 2. The van der Waals surface area contributed by atoms with Gasteiger partial charge in [0.1, 0.15) is 6.23 Å². The van der Waals surface area contributed by atoms with E-state index in [1.807, 2.05) is 4.90 Å². The molecule has 1 aliphatic heterocycles. The van der Waals surface area contributed by atoms with E-state index in [0.717, 1.165) is 25.9 Å². The van der Waals surface area contributed by atoms with E-state index >= 15 is 0 Å². The molecule has 1 saturated heterocycles. The maximum atomic E-state index is 10.5. The first-order valence-electron chi connectivity index (χ1n) is 6.42. The van der Waals surface area contributed by atoms with Crippen molar-refractivity contribution in [3.8, 4) is 0 Å². The van der Waals surface area contributed by atoms with Crippen LogP contribution in [0.15, 0.2) is 24.3 Å². The molecule has 1 heterocycles. The highest BCUT2D eigenvalue weighted by Gasteiger charge is 2.23. The lowest BCUT2D eigenvalue weighted by atomic mass is 10.1. The molecule has 0 radical (unpaired) electrons. The molecule has 1 fully saturated rings. The summed E-state index contributed by atoms with van der Waals surface area (Å²) in [5.74, 6) is 0. The van der Waals surface area contributed by atoms with Crippen molar-refractivity contribution in [2.75, 3.05) is 13.1 Å². The van der Waals surface area contributed by atoms with Gasteiger partial charge in [-0.15, -0.1) is 0 Å². The van der Waals surface area contributed by atoms with E-state index in [2.05, 4.69) is 0 Å². The van der Waals surface area contributed by atoms with Crippen molar-refractivity contribution in [3.05, 3.63) is 39.9 Å². The molecule has 1 aromatic carbocycles. The average Bonchev–Trinajstić information content (AvgIpc) is 2.92. The minimum absolute atomic E-state index is 0.00367. The third-order valence-electron chi connectivity index (χ3n) is 3.48. The Hall–Kier alpha value is -1.50. The molecule has 0 aliphatic carbocycles. The summed E-state index contributed by atoms with van der Waals surface area (Å²) in [6.07, 6.45) is 0.900. The van der Waals surface area contributed by atoms with Crippen LogP contribution in [-0.4, -0.2) is 39.4 Å². The number of benzene rings is 1. The van der Waals surface area contributed by atoms with Crippen molar-refractivity contribution >= 4 is 5.69 Å². The van der Waals surface area contributed by atoms with Gasteiger partial charge in [-0.1, -0.05) is 0 Å². The standard InChI is InChI=1S/C13H18N2O4/c16-12(9-13(17)14-7-1-2-8-14)10-3-5-11(6-4-10)15(18)19/h3-6,12-13,16-17H,1-2,7-9H2/t12?,13-/m1/s1. The second-order valence-corrected chi connectivity index (χ2v) is 4.82. The van der Waals surface area contributed by atoms with Crippen molar-refractivity contribution < 1.29 is 15.1 Å². The van der Waals surface area contributed by atoms with Gasteiger partial charge in [-0.2, -0.15) is 0 Å². The number of nitro benzene ring substituents is 1. The number of non-ortho nitro benzene ring substituents is 1. The van der Waals surface area contributed by atoms with Crippen molar-refractivity contribution in [3.63, 3.8) is 0 Å². The van der Waals surface area contributed by atoms with Crippen LogP contribution in [0.25, 0.3) is 0 Å². The molecule has 0 aromatic heterocycles. The van der Waals surface area contributed by atoms with E-state index in [1.54, 1.807) is 0 Å². The first-order valence-corrected chi connectivity index (χ1v) is 6.42. The molecule has 0 amide bonds. The van der Waals surface area contributed by atoms with Gasteiger partial charge in [0.25, 0.3) is 5.69 Å². The lowest BCUT2D eigenvalue weighted by Crippen LogP contribution is -2.33. The molecule has 2 atom stereocenters. The minimum Gasteiger partial charge on any atom is -0.388 e. The summed E-state index contributed by atoms with van der Waals surface area (Å²) in [5.41, 5.74) is 0.583. The van der Waals surface area contributed by atoms with Crippen LogP contribution in [0.2, 0.25) is 0 Å². The number of aliphatic hydroxyl groups excluding tert-OH is 2. The molecule has 0 saturated carbocycles. The number of nitro groups is 1. The Labute approximate surface area is 111 Å². The summed E-state index contributed by atoms with van der Waals surface area (Å²) >= 11 is 0. The second-order valence-electron chi connectivity index (χ2n) is 4.82. The number of hydrogen-bond acceptors (Lipinski definition) is 5. The molecule has 1 unspecified atom stereocenters. The van der Waals surface area contributed by atoms with E-state index < -0.39 is 17.3 Å². The molecule has 104 valence electrons. The quantitative estimate of drug-likeness (QED) is 0.622. The fourth-order valence-corrected chi connectivity index (χ4v) is 2.34. The molecule has 2 N–H and O–H groups in total. The summed E-state index contributed by atoms with van der Waals surface area (Å²) in [4.78, 5) is 12.0. The Balaban J connectivity index is 1.95. The highest BCUT2D eigenvalue weighted by Crippen LogP contribution is 2.23. The Morgan fingerprint density at radius 3 is 2.32 bits per heavy atom. The van der Waals surface area contributed by atoms with Crippen LogP contribution in [-0.2, 0) is 0 Å². The number of rotatable bonds is 5. The van der Waals surface area contributed by atoms with Gasteiger partial charge in [0.05, 0.1) is 11.0 Å². The van der Waals surface area contributed by atoms with E-state index in [4.69, 9.17) is 0 Å². The predicted octanol–water partition coefficient (Wildman–Crippen LogP) is 1.43. The SMILES string of the molecule is O=[N+]([O-])c1ccc(C(O)C[C@@H](O)N2CCCC2)cc1. The maximum Gasteiger partial charge on any atom is 0.269 e. The van der Waals surface area contributed by atoms with Gasteiger partial charge in [0.2, 0.25) is 0 Å². The van der Waals surface area contributed by atoms with Crippen molar-refractivity contribution in [1.82, 2.24) is 4.90 Å². The summed E-state index contributed by atoms with van der Waals surface area (Å²) < 4.78 is 0. The Morgan fingerprint density at radius 1 is 1.21 bits per heavy atom. The zero-order valence-corrected chi connectivity index (χ0v) is 10.6. The second kappa shape index (κ2) is 6.10. The first-order chi connectivity index (χ1) is 9.08. The van der Waals surface area contributed by atoms with Crippen LogP contribution in [0.1, 0.15) is 30.9 Å². The molecule has 1 aliphatic rings. The lowest BCUT2D eigenvalue weighted by molar-refractivity contribution is -0.384. The highest BCUT2D eigenvalue weighted by atomic mass is 16.6. The summed E-state index contributed by atoms with van der Waals surface area (Å²) in [6.45, 7) is 1.71. The zero-order valence-electron chi connectivity index (χ0n) is 10.6. The number of hydrogen-bond donors (Lipinski definition) is 2. The van der Waals surface area contributed by atoms with Gasteiger partial charge in [-0.3, -0.25) is 15.0 Å². The van der Waals surface area contributed by atoms with Crippen LogP contribution in [0, 0.1) is 10.1 Å². The van der Waals surface area contributed by atoms with Gasteiger partial charge in [-0.05, 0) is 30.5 Å². The molecule has 0 bridgehead atoms. The van der Waals surface area contributed by atoms with Gasteiger partial charge in [-0.25, -0.2) is 0 Å². The smallest absolute Gasteiger partial charge is 0.269 e. The number of likely N-dealkylation sites (tertiary alicyclic amines) is 1. The zero-order chi connectivity index (χ0) is 13.8. The predicted molar refractivity (Wildman–Crippen MR) is 69.5 cm³/mol. The van der Waals surface area contributed by atoms with E-state index in [-0.39, 0.29) is 12.1 Å². The molecule has 0 spiro atoms. The maximum absolute atomic E-state index is 10.5.